The van der Waals surface area contributed by atoms with Crippen LogP contribution in [0.3, 0.4) is 0 Å². The topological polar surface area (TPSA) is 106 Å². The molecule has 0 bridgehead atoms. The molecule has 0 fully saturated rings. The average molecular weight is 393 g/mol. The Kier molecular flexibility index (Phi) is 4.75. The normalized spacial score (nSPS) is 13.4. The smallest absolute Gasteiger partial charge is 0.298 e. The first-order valence-corrected chi connectivity index (χ1v) is 9.10. The summed E-state index contributed by atoms with van der Waals surface area (Å²) in [5, 5.41) is 10.5. The van der Waals surface area contributed by atoms with Gasteiger partial charge >= 0.3 is 0 Å². The number of aryl methyl sites for hydroxylation is 2. The van der Waals surface area contributed by atoms with Crippen molar-refractivity contribution in [3.05, 3.63) is 59.4 Å². The summed E-state index contributed by atoms with van der Waals surface area (Å²) in [6.07, 6.45) is 3.02. The molecule has 0 radical (unpaired) electrons. The molecule has 0 saturated carbocycles. The third kappa shape index (κ3) is 3.56. The Morgan fingerprint density at radius 1 is 1.24 bits per heavy atom. The van der Waals surface area contributed by atoms with Gasteiger partial charge in [0.1, 0.15) is 6.61 Å². The Balaban J connectivity index is 1.69. The van der Waals surface area contributed by atoms with Crippen molar-refractivity contribution in [1.82, 2.24) is 14.9 Å². The summed E-state index contributed by atoms with van der Waals surface area (Å²) in [4.78, 5) is 35.3. The molecular weight excluding hydrogens is 374 g/mol. The molecule has 1 aromatic carbocycles. The largest absolute Gasteiger partial charge is 0.504 e. The number of ketones is 1. The Morgan fingerprint density at radius 2 is 2.07 bits per heavy atom. The van der Waals surface area contributed by atoms with Crippen molar-refractivity contribution in [2.24, 2.45) is 0 Å². The molecule has 1 N–H and O–H groups in total. The monoisotopic (exact) mass is 393 g/mol. The lowest BCUT2D eigenvalue weighted by Gasteiger charge is -2.18. The third-order valence-corrected chi connectivity index (χ3v) is 4.69. The van der Waals surface area contributed by atoms with Crippen LogP contribution in [-0.4, -0.2) is 44.8 Å². The Hall–Kier alpha value is -3.68. The summed E-state index contributed by atoms with van der Waals surface area (Å²) in [5.74, 6) is -1.17. The number of carbonyl (C=O) groups is 2. The zero-order valence-corrected chi connectivity index (χ0v) is 16.0. The van der Waals surface area contributed by atoms with Crippen LogP contribution >= 0.6 is 0 Å². The number of ether oxygens (including phenoxy) is 1. The zero-order chi connectivity index (χ0) is 20.5. The molecule has 0 saturated heterocycles. The van der Waals surface area contributed by atoms with E-state index in [1.807, 2.05) is 13.8 Å². The number of Topliss-reactive ketones (excluding diaryl/α,β-unsaturated/α-hetero) is 1. The lowest BCUT2D eigenvalue weighted by Crippen LogP contribution is -2.37. The predicted molar refractivity (Wildman–Crippen MR) is 103 cm³/mol. The van der Waals surface area contributed by atoms with Gasteiger partial charge in [0, 0.05) is 17.3 Å². The lowest BCUT2D eigenvalue weighted by atomic mass is 10.0. The van der Waals surface area contributed by atoms with Crippen molar-refractivity contribution in [3.63, 3.8) is 0 Å². The van der Waals surface area contributed by atoms with Crippen LogP contribution in [0.4, 0.5) is 0 Å². The van der Waals surface area contributed by atoms with Gasteiger partial charge in [0.25, 0.3) is 11.7 Å². The van der Waals surface area contributed by atoms with Gasteiger partial charge in [0.05, 0.1) is 36.4 Å². The first kappa shape index (κ1) is 18.7. The number of fused-ring (bicyclic) bond motifs is 1. The molecule has 1 amide bonds. The van der Waals surface area contributed by atoms with E-state index >= 15 is 0 Å². The van der Waals surface area contributed by atoms with E-state index in [0.717, 1.165) is 5.69 Å². The number of hydrogen-bond acceptors (Lipinski definition) is 7. The number of hydrogen-bond donors (Lipinski definition) is 1. The first-order valence-electron chi connectivity index (χ1n) is 9.10. The highest BCUT2D eigenvalue weighted by atomic mass is 16.5. The number of amides is 1. The van der Waals surface area contributed by atoms with Crippen LogP contribution in [0.15, 0.2) is 41.1 Å². The number of aromatic nitrogens is 2. The Morgan fingerprint density at radius 3 is 2.83 bits per heavy atom. The maximum Gasteiger partial charge on any atom is 0.298 e. The molecule has 2 aromatic heterocycles. The minimum atomic E-state index is -0.723. The highest BCUT2D eigenvalue weighted by molar-refractivity contribution is 6.41. The minimum absolute atomic E-state index is 0.0114. The molecule has 0 unspecified atom stereocenters. The number of nitrogens with zero attached hydrogens (tertiary/aromatic N) is 3. The van der Waals surface area contributed by atoms with Gasteiger partial charge in [0.15, 0.2) is 17.3 Å². The van der Waals surface area contributed by atoms with Crippen molar-refractivity contribution in [1.29, 1.82) is 0 Å². The fourth-order valence-corrected chi connectivity index (χ4v) is 3.28. The van der Waals surface area contributed by atoms with E-state index in [1.165, 1.54) is 17.2 Å². The summed E-state index contributed by atoms with van der Waals surface area (Å²) in [6.45, 7) is 4.14. The molecule has 1 aliphatic heterocycles. The molecule has 0 aliphatic carbocycles. The van der Waals surface area contributed by atoms with Gasteiger partial charge in [-0.15, -0.1) is 0 Å². The molecule has 3 aromatic rings. The SMILES string of the molecule is Cc1cnc(C)c(-c2cc(O)c3c(c2)CN(C(=O)C(=O)c2ccco2)CCO3)n1. The van der Waals surface area contributed by atoms with Gasteiger partial charge in [0.2, 0.25) is 0 Å². The van der Waals surface area contributed by atoms with Crippen LogP contribution in [0, 0.1) is 13.8 Å². The maximum atomic E-state index is 12.7. The molecule has 0 spiro atoms. The van der Waals surface area contributed by atoms with Gasteiger partial charge in [-0.1, -0.05) is 0 Å². The van der Waals surface area contributed by atoms with Crippen LogP contribution in [-0.2, 0) is 11.3 Å². The Labute approximate surface area is 166 Å². The number of aromatic hydroxyl groups is 1. The molecule has 4 rings (SSSR count). The van der Waals surface area contributed by atoms with E-state index in [0.29, 0.717) is 28.3 Å². The maximum absolute atomic E-state index is 12.7. The number of furan rings is 1. The van der Waals surface area contributed by atoms with Crippen molar-refractivity contribution in [2.75, 3.05) is 13.2 Å². The number of benzene rings is 1. The van der Waals surface area contributed by atoms with E-state index in [-0.39, 0.29) is 31.2 Å². The third-order valence-electron chi connectivity index (χ3n) is 4.69. The van der Waals surface area contributed by atoms with Gasteiger partial charge in [-0.2, -0.15) is 0 Å². The van der Waals surface area contributed by atoms with Gasteiger partial charge < -0.3 is 19.2 Å². The number of phenolic OH excluding ortho intramolecular Hbond substituents is 1. The number of carbonyl (C=O) groups excluding carboxylic acids is 2. The summed E-state index contributed by atoms with van der Waals surface area (Å²) in [7, 11) is 0. The number of phenols is 1. The van der Waals surface area contributed by atoms with Crippen LogP contribution in [0.25, 0.3) is 11.3 Å². The second kappa shape index (κ2) is 7.38. The molecule has 8 heteroatoms. The van der Waals surface area contributed by atoms with Crippen molar-refractivity contribution >= 4 is 11.7 Å². The zero-order valence-electron chi connectivity index (χ0n) is 16.0. The van der Waals surface area contributed by atoms with Crippen molar-refractivity contribution in [3.8, 4) is 22.8 Å². The summed E-state index contributed by atoms with van der Waals surface area (Å²) in [6, 6.07) is 6.37. The second-order valence-electron chi connectivity index (χ2n) is 6.81. The highest BCUT2D eigenvalue weighted by Gasteiger charge is 2.29. The van der Waals surface area contributed by atoms with E-state index in [9.17, 15) is 14.7 Å². The fraction of sp³-hybridized carbons (Fsp3) is 0.238. The molecule has 0 atom stereocenters. The summed E-state index contributed by atoms with van der Waals surface area (Å²) in [5.41, 5.74) is 3.34. The van der Waals surface area contributed by atoms with Crippen molar-refractivity contribution < 1.29 is 23.8 Å². The molecule has 148 valence electrons. The van der Waals surface area contributed by atoms with Gasteiger partial charge in [-0.25, -0.2) is 4.98 Å². The van der Waals surface area contributed by atoms with Gasteiger partial charge in [-0.3, -0.25) is 14.6 Å². The summed E-state index contributed by atoms with van der Waals surface area (Å²) >= 11 is 0. The van der Waals surface area contributed by atoms with E-state index in [4.69, 9.17) is 9.15 Å². The quantitative estimate of drug-likeness (QED) is 0.539. The minimum Gasteiger partial charge on any atom is -0.504 e. The van der Waals surface area contributed by atoms with Crippen LogP contribution in [0.2, 0.25) is 0 Å². The Bertz CT molecular complexity index is 1090. The molecular formula is C21H19N3O5. The van der Waals surface area contributed by atoms with Crippen LogP contribution in [0.1, 0.15) is 27.5 Å². The van der Waals surface area contributed by atoms with E-state index in [2.05, 4.69) is 9.97 Å². The van der Waals surface area contributed by atoms with Gasteiger partial charge in [-0.05, 0) is 38.1 Å². The summed E-state index contributed by atoms with van der Waals surface area (Å²) < 4.78 is 10.7. The van der Waals surface area contributed by atoms with Crippen LogP contribution in [0.5, 0.6) is 11.5 Å². The second-order valence-corrected chi connectivity index (χ2v) is 6.81. The van der Waals surface area contributed by atoms with E-state index in [1.54, 1.807) is 24.4 Å². The molecule has 3 heterocycles. The lowest BCUT2D eigenvalue weighted by molar-refractivity contribution is -0.127. The fourth-order valence-electron chi connectivity index (χ4n) is 3.28. The molecule has 29 heavy (non-hydrogen) atoms. The standard InChI is InChI=1S/C21H19N3O5/c1-12-10-22-13(2)18(23-12)14-8-15-11-24(5-7-29-20(15)16(25)9-14)21(27)19(26)17-4-3-6-28-17/h3-4,6,8-10,25H,5,7,11H2,1-2H3. The van der Waals surface area contributed by atoms with Crippen molar-refractivity contribution in [2.45, 2.75) is 20.4 Å². The van der Waals surface area contributed by atoms with E-state index < -0.39 is 11.7 Å². The highest BCUT2D eigenvalue weighted by Crippen LogP contribution is 2.37. The molecule has 8 nitrogen and oxygen atoms in total. The number of rotatable bonds is 3. The molecule has 1 aliphatic rings. The predicted octanol–water partition coefficient (Wildman–Crippen LogP) is 2.66. The first-order chi connectivity index (χ1) is 13.9. The average Bonchev–Trinajstić information content (AvgIpc) is 3.15. The van der Waals surface area contributed by atoms with Crippen LogP contribution < -0.4 is 4.74 Å².